The van der Waals surface area contributed by atoms with E-state index in [1.807, 2.05) is 4.40 Å². The molecule has 0 bridgehead atoms. The zero-order chi connectivity index (χ0) is 7.11. The molecule has 3 nitrogen and oxygen atoms in total. The van der Waals surface area contributed by atoms with E-state index in [1.54, 1.807) is 6.08 Å². The predicted molar refractivity (Wildman–Crippen MR) is 34.8 cm³/mol. The molecule has 0 amide bonds. The molecule has 0 aliphatic rings. The molecule has 3 N–H and O–H groups in total. The summed E-state index contributed by atoms with van der Waals surface area (Å²) in [6.07, 6.45) is 3.94. The van der Waals surface area contributed by atoms with Crippen LogP contribution in [-0.2, 0) is 19.4 Å². The van der Waals surface area contributed by atoms with E-state index < -0.39 is 0 Å². The number of halogens is 1. The van der Waals surface area contributed by atoms with Gasteiger partial charge in [0.15, 0.2) is 0 Å². The first-order chi connectivity index (χ1) is 4.31. The quantitative estimate of drug-likeness (QED) is 0.144. The number of rotatable bonds is 3. The first-order valence-electron chi connectivity index (χ1n) is 2.03. The summed E-state index contributed by atoms with van der Waals surface area (Å²) < 4.78 is 1.85. The molecule has 0 radical (unpaired) electrons. The van der Waals surface area contributed by atoms with Crippen molar-refractivity contribution in [2.24, 2.45) is 10.8 Å². The fourth-order valence-corrected chi connectivity index (χ4v) is 1.05. The average Bonchev–Trinajstić information content (AvgIpc) is 1.85. The van der Waals surface area contributed by atoms with Gasteiger partial charge in [-0.15, -0.1) is 0 Å². The van der Waals surface area contributed by atoms with Gasteiger partial charge in [0, 0.05) is 0 Å². The van der Waals surface area contributed by atoms with Crippen LogP contribution in [0, 0.1) is 0 Å². The third-order valence-electron chi connectivity index (χ3n) is 0.433. The Morgan fingerprint density at radius 3 is 3.00 bits per heavy atom. The summed E-state index contributed by atoms with van der Waals surface area (Å²) in [5, 5.41) is 0.364. The summed E-state index contributed by atoms with van der Waals surface area (Å²) in [4.78, 5) is 3.55. The Morgan fingerprint density at radius 2 is 2.56 bits per heavy atom. The number of hydrogen-bond acceptors (Lipinski definition) is 2. The molecule has 0 saturated carbocycles. The van der Waals surface area contributed by atoms with Crippen LogP contribution in [0.3, 0.4) is 0 Å². The second-order valence-electron chi connectivity index (χ2n) is 0.993. The summed E-state index contributed by atoms with van der Waals surface area (Å²) in [5.41, 5.74) is 2.11. The maximum absolute atomic E-state index is 5.48. The Balaban J connectivity index is 3.74. The number of allylic oxidation sites excluding steroid dienone is 1. The standard InChI is InChI=1S/C4H5ClN3.W/c1-2-4(5)7-3-8-6;/h1-2H,6H2,(H,7,8);/q-1;/b4-2-;. The van der Waals surface area contributed by atoms with E-state index in [-0.39, 0.29) is 0 Å². The summed E-state index contributed by atoms with van der Waals surface area (Å²) in [6, 6.07) is 0. The average molecular weight is 314 g/mol. The summed E-state index contributed by atoms with van der Waals surface area (Å²) in [6.45, 7) is 0. The fourth-order valence-electron chi connectivity index (χ4n) is 0.179. The third kappa shape index (κ3) is 5.90. The molecule has 50 valence electrons. The number of nitrogens with one attached hydrogen (secondary N) is 1. The van der Waals surface area contributed by atoms with Gasteiger partial charge in [-0.3, -0.25) is 0 Å². The number of nitrogens with two attached hydrogens (primary N) is 1. The number of nitrogens with zero attached hydrogens (tertiary/aromatic N) is 1. The molecular formula is C4H5ClN3W-. The molecule has 0 saturated heterocycles. The van der Waals surface area contributed by atoms with Crippen LogP contribution in [-0.4, -0.2) is 10.7 Å². The van der Waals surface area contributed by atoms with Crippen LogP contribution >= 0.6 is 11.6 Å². The van der Waals surface area contributed by atoms with Gasteiger partial charge in [0.2, 0.25) is 0 Å². The monoisotopic (exact) mass is 314 g/mol. The van der Waals surface area contributed by atoms with Gasteiger partial charge in [0.1, 0.15) is 0 Å². The van der Waals surface area contributed by atoms with Gasteiger partial charge in [-0.2, -0.15) is 0 Å². The topological polar surface area (TPSA) is 50.4 Å². The zero-order valence-electron chi connectivity index (χ0n) is 4.47. The van der Waals surface area contributed by atoms with Crippen LogP contribution in [0.15, 0.2) is 16.2 Å². The van der Waals surface area contributed by atoms with Crippen LogP contribution in [0.25, 0.3) is 0 Å². The molecule has 5 heteroatoms. The normalized spacial score (nSPS) is 12.0. The van der Waals surface area contributed by atoms with E-state index in [2.05, 4.69) is 16.8 Å². The van der Waals surface area contributed by atoms with Gasteiger partial charge in [0.25, 0.3) is 0 Å². The Hall–Kier alpha value is 0.0183. The molecule has 0 spiro atoms. The molecule has 0 aromatic rings. The Labute approximate surface area is 69.4 Å². The van der Waals surface area contributed by atoms with Crippen molar-refractivity contribution < 1.29 is 19.4 Å². The zero-order valence-corrected chi connectivity index (χ0v) is 8.15. The van der Waals surface area contributed by atoms with Gasteiger partial charge in [-0.25, -0.2) is 0 Å². The van der Waals surface area contributed by atoms with Gasteiger partial charge < -0.3 is 0 Å². The second-order valence-corrected chi connectivity index (χ2v) is 2.36. The first-order valence-corrected chi connectivity index (χ1v) is 4.10. The molecule has 9 heavy (non-hydrogen) atoms. The SMILES string of the molecule is NN[C-]=N/C(Cl)=C\[CH]=[W]. The number of aliphatic imine (C=N–C) groups is 1. The minimum atomic E-state index is 0.364. The first kappa shape index (κ1) is 9.02. The van der Waals surface area contributed by atoms with Crippen LogP contribution in [0.2, 0.25) is 0 Å². The van der Waals surface area contributed by atoms with Gasteiger partial charge in [0.05, 0.1) is 0 Å². The molecule has 0 unspecified atom stereocenters. The van der Waals surface area contributed by atoms with Crippen LogP contribution in [0.4, 0.5) is 0 Å². The van der Waals surface area contributed by atoms with Crippen LogP contribution in [0.1, 0.15) is 0 Å². The van der Waals surface area contributed by atoms with E-state index in [1.165, 1.54) is 19.4 Å². The van der Waals surface area contributed by atoms with Crippen molar-refractivity contribution in [3.8, 4) is 0 Å². The van der Waals surface area contributed by atoms with Crippen molar-refractivity contribution in [1.29, 1.82) is 0 Å². The Morgan fingerprint density at radius 1 is 1.89 bits per heavy atom. The molecule has 0 aromatic heterocycles. The second kappa shape index (κ2) is 6.14. The van der Waals surface area contributed by atoms with Gasteiger partial charge in [-0.05, 0) is 0 Å². The molecular weight excluding hydrogens is 309 g/mol. The van der Waals surface area contributed by atoms with Gasteiger partial charge >= 0.3 is 69.2 Å². The molecule has 0 rings (SSSR count). The van der Waals surface area contributed by atoms with Crippen molar-refractivity contribution in [1.82, 2.24) is 5.43 Å². The van der Waals surface area contributed by atoms with Gasteiger partial charge in [-0.1, -0.05) is 0 Å². The summed E-state index contributed by atoms with van der Waals surface area (Å²) in [5.74, 6) is 4.83. The summed E-state index contributed by atoms with van der Waals surface area (Å²) >= 11 is 6.80. The fraction of sp³-hybridized carbons (Fsp3) is 0. The van der Waals surface area contributed by atoms with E-state index in [9.17, 15) is 0 Å². The maximum atomic E-state index is 5.48. The van der Waals surface area contributed by atoms with Crippen molar-refractivity contribution in [3.63, 3.8) is 0 Å². The number of hydrazine groups is 1. The Kier molecular flexibility index (Phi) is 6.16. The molecule has 0 fully saturated rings. The third-order valence-corrected chi connectivity index (χ3v) is 1.13. The number of hydrogen-bond donors (Lipinski definition) is 2. The predicted octanol–water partition coefficient (Wildman–Crippen LogP) is -0.216. The van der Waals surface area contributed by atoms with E-state index in [0.29, 0.717) is 5.16 Å². The molecule has 0 aliphatic heterocycles. The molecule has 0 aliphatic carbocycles. The summed E-state index contributed by atoms with van der Waals surface area (Å²) in [7, 11) is 0. The van der Waals surface area contributed by atoms with E-state index >= 15 is 0 Å². The van der Waals surface area contributed by atoms with E-state index in [0.717, 1.165) is 0 Å². The van der Waals surface area contributed by atoms with Crippen molar-refractivity contribution in [2.45, 2.75) is 0 Å². The van der Waals surface area contributed by atoms with Crippen molar-refractivity contribution in [3.05, 3.63) is 11.2 Å². The molecule has 0 atom stereocenters. The molecule has 0 aromatic carbocycles. The van der Waals surface area contributed by atoms with Crippen LogP contribution in [0.5, 0.6) is 0 Å². The Bertz CT molecular complexity index is 143. The minimum absolute atomic E-state index is 0.364. The van der Waals surface area contributed by atoms with Crippen LogP contribution < -0.4 is 11.3 Å². The molecule has 0 heterocycles. The van der Waals surface area contributed by atoms with Crippen molar-refractivity contribution >= 4 is 22.3 Å². The van der Waals surface area contributed by atoms with Crippen molar-refractivity contribution in [2.75, 3.05) is 0 Å². The van der Waals surface area contributed by atoms with E-state index in [4.69, 9.17) is 17.4 Å².